The first-order valence-electron chi connectivity index (χ1n) is 3.33. The molecule has 0 spiro atoms. The Balaban J connectivity index is 3.57. The minimum atomic E-state index is -4.13. The Labute approximate surface area is 91.2 Å². The predicted molar refractivity (Wildman–Crippen MR) is 52.0 cm³/mol. The van der Waals surface area contributed by atoms with Gasteiger partial charge in [-0.1, -0.05) is 11.6 Å². The molecule has 0 saturated carbocycles. The Morgan fingerprint density at radius 3 is 2.07 bits per heavy atom. The third kappa shape index (κ3) is 2.86. The zero-order chi connectivity index (χ0) is 11.9. The first-order chi connectivity index (χ1) is 6.62. The largest absolute Gasteiger partial charge is 0.242 e. The number of sulfonamides is 2. The number of hydrogen-bond donors (Lipinski definition) is 2. The van der Waals surface area contributed by atoms with E-state index in [1.54, 1.807) is 0 Å². The van der Waals surface area contributed by atoms with E-state index < -0.39 is 35.0 Å². The number of rotatable bonds is 2. The van der Waals surface area contributed by atoms with Crippen molar-refractivity contribution in [2.24, 2.45) is 10.3 Å². The molecule has 1 heterocycles. The molecule has 84 valence electrons. The second-order valence-corrected chi connectivity index (χ2v) is 6.00. The van der Waals surface area contributed by atoms with Crippen LogP contribution in [0.15, 0.2) is 22.1 Å². The van der Waals surface area contributed by atoms with E-state index in [0.29, 0.717) is 0 Å². The van der Waals surface area contributed by atoms with Crippen LogP contribution >= 0.6 is 11.6 Å². The van der Waals surface area contributed by atoms with Gasteiger partial charge in [0.25, 0.3) is 0 Å². The van der Waals surface area contributed by atoms with Crippen LogP contribution < -0.4 is 10.3 Å². The van der Waals surface area contributed by atoms with Gasteiger partial charge >= 0.3 is 0 Å². The molecule has 15 heavy (non-hydrogen) atoms. The summed E-state index contributed by atoms with van der Waals surface area (Å²) in [4.78, 5) is 2.30. The van der Waals surface area contributed by atoms with E-state index in [1.165, 1.54) is 0 Å². The second-order valence-electron chi connectivity index (χ2n) is 2.55. The lowest BCUT2D eigenvalue weighted by atomic mass is 10.5. The van der Waals surface area contributed by atoms with Crippen LogP contribution in [0, 0.1) is 0 Å². The zero-order valence-electron chi connectivity index (χ0n) is 7.08. The lowest BCUT2D eigenvalue weighted by Gasteiger charge is -2.02. The molecule has 0 bridgehead atoms. The topological polar surface area (TPSA) is 133 Å². The van der Waals surface area contributed by atoms with Gasteiger partial charge in [-0.3, -0.25) is 0 Å². The Hall–Kier alpha value is -0.740. The number of halogens is 1. The highest BCUT2D eigenvalue weighted by atomic mass is 35.5. The van der Waals surface area contributed by atoms with Gasteiger partial charge in [0, 0.05) is 6.20 Å². The van der Waals surface area contributed by atoms with Crippen molar-refractivity contribution in [1.29, 1.82) is 0 Å². The molecule has 0 unspecified atom stereocenters. The number of primary sulfonamides is 2. The van der Waals surface area contributed by atoms with E-state index in [2.05, 4.69) is 4.98 Å². The van der Waals surface area contributed by atoms with Crippen molar-refractivity contribution in [3.8, 4) is 0 Å². The predicted octanol–water partition coefficient (Wildman–Crippen LogP) is -0.970. The van der Waals surface area contributed by atoms with Gasteiger partial charge in [-0.2, -0.15) is 0 Å². The van der Waals surface area contributed by atoms with Gasteiger partial charge in [0.15, 0.2) is 0 Å². The fourth-order valence-corrected chi connectivity index (χ4v) is 2.33. The first kappa shape index (κ1) is 12.3. The van der Waals surface area contributed by atoms with Crippen molar-refractivity contribution >= 4 is 31.6 Å². The van der Waals surface area contributed by atoms with Crippen LogP contribution in [0.3, 0.4) is 0 Å². The molecule has 0 aliphatic heterocycles. The normalized spacial score (nSPS) is 12.7. The molecular weight excluding hydrogens is 266 g/mol. The lowest BCUT2D eigenvalue weighted by molar-refractivity contribution is 0.595. The summed E-state index contributed by atoms with van der Waals surface area (Å²) in [5.74, 6) is 0. The highest BCUT2D eigenvalue weighted by Gasteiger charge is 2.18. The molecule has 0 atom stereocenters. The first-order valence-corrected chi connectivity index (χ1v) is 6.80. The van der Waals surface area contributed by atoms with Crippen molar-refractivity contribution in [2.45, 2.75) is 9.79 Å². The smallest absolute Gasteiger partial charge is 0.241 e. The summed E-state index contributed by atoms with van der Waals surface area (Å²) in [5.41, 5.74) is 0. The third-order valence-electron chi connectivity index (χ3n) is 1.42. The lowest BCUT2D eigenvalue weighted by Crippen LogP contribution is -2.17. The molecule has 0 saturated heterocycles. The molecule has 10 heteroatoms. The van der Waals surface area contributed by atoms with Crippen molar-refractivity contribution in [2.75, 3.05) is 0 Å². The molecule has 0 aliphatic rings. The summed E-state index contributed by atoms with van der Waals surface area (Å²) >= 11 is 5.43. The quantitative estimate of drug-likeness (QED) is 0.668. The maximum Gasteiger partial charge on any atom is 0.241 e. The van der Waals surface area contributed by atoms with Crippen LogP contribution in [0.25, 0.3) is 0 Å². The minimum Gasteiger partial charge on any atom is -0.242 e. The summed E-state index contributed by atoms with van der Waals surface area (Å²) in [6.07, 6.45) is 0.840. The average molecular weight is 272 g/mol. The summed E-state index contributed by atoms with van der Waals surface area (Å²) in [6.45, 7) is 0. The van der Waals surface area contributed by atoms with Crippen LogP contribution in [-0.4, -0.2) is 21.8 Å². The highest BCUT2D eigenvalue weighted by Crippen LogP contribution is 2.20. The number of hydrogen-bond acceptors (Lipinski definition) is 5. The Morgan fingerprint density at radius 1 is 1.13 bits per heavy atom. The summed E-state index contributed by atoms with van der Waals surface area (Å²) in [5, 5.41) is 9.14. The number of nitrogens with two attached hydrogens (primary N) is 2. The maximum atomic E-state index is 11.0. The molecule has 0 fully saturated rings. The molecule has 4 N–H and O–H groups in total. The highest BCUT2D eigenvalue weighted by molar-refractivity contribution is 7.90. The Morgan fingerprint density at radius 2 is 1.67 bits per heavy atom. The fraction of sp³-hybridized carbons (Fsp3) is 0. The average Bonchev–Trinajstić information content (AvgIpc) is 2.00. The van der Waals surface area contributed by atoms with Crippen molar-refractivity contribution in [3.05, 3.63) is 17.4 Å². The van der Waals surface area contributed by atoms with Crippen molar-refractivity contribution < 1.29 is 16.8 Å². The van der Waals surface area contributed by atoms with Gasteiger partial charge in [0.2, 0.25) is 20.0 Å². The standard InChI is InChI=1S/C5H6ClN3O4S2/c6-5-4(15(8,12)13)1-3(2-9-5)14(7,10)11/h1-2H,(H2,7,10,11)(H2,8,12,13). The van der Waals surface area contributed by atoms with Gasteiger partial charge in [0.1, 0.15) is 14.9 Å². The van der Waals surface area contributed by atoms with Gasteiger partial charge in [-0.15, -0.1) is 0 Å². The second kappa shape index (κ2) is 3.68. The van der Waals surface area contributed by atoms with Crippen LogP contribution in [-0.2, 0) is 20.0 Å². The number of aromatic nitrogens is 1. The number of nitrogens with zero attached hydrogens (tertiary/aromatic N) is 1. The third-order valence-corrected chi connectivity index (χ3v) is 3.63. The van der Waals surface area contributed by atoms with E-state index in [4.69, 9.17) is 21.9 Å². The molecule has 1 rings (SSSR count). The monoisotopic (exact) mass is 271 g/mol. The summed E-state index contributed by atoms with van der Waals surface area (Å²) < 4.78 is 43.7. The van der Waals surface area contributed by atoms with Gasteiger partial charge in [-0.05, 0) is 6.07 Å². The maximum absolute atomic E-state index is 11.0. The molecule has 1 aromatic heterocycles. The van der Waals surface area contributed by atoms with Gasteiger partial charge in [-0.25, -0.2) is 32.1 Å². The van der Waals surface area contributed by atoms with Gasteiger partial charge in [0.05, 0.1) is 0 Å². The van der Waals surface area contributed by atoms with Gasteiger partial charge < -0.3 is 0 Å². The Kier molecular flexibility index (Phi) is 3.03. The van der Waals surface area contributed by atoms with Crippen LogP contribution in [0.4, 0.5) is 0 Å². The van der Waals surface area contributed by atoms with E-state index in [0.717, 1.165) is 12.3 Å². The van der Waals surface area contributed by atoms with E-state index in [9.17, 15) is 16.8 Å². The molecule has 0 radical (unpaired) electrons. The number of pyridine rings is 1. The molecule has 0 aliphatic carbocycles. The van der Waals surface area contributed by atoms with Crippen molar-refractivity contribution in [1.82, 2.24) is 4.98 Å². The molecule has 0 aromatic carbocycles. The van der Waals surface area contributed by atoms with Crippen molar-refractivity contribution in [3.63, 3.8) is 0 Å². The minimum absolute atomic E-state index is 0.412. The van der Waals surface area contributed by atoms with E-state index >= 15 is 0 Å². The molecule has 7 nitrogen and oxygen atoms in total. The summed E-state index contributed by atoms with van der Waals surface area (Å²) in [7, 11) is -8.17. The van der Waals surface area contributed by atoms with Crippen LogP contribution in [0.2, 0.25) is 5.15 Å². The fourth-order valence-electron chi connectivity index (χ4n) is 0.765. The van der Waals surface area contributed by atoms with Crippen LogP contribution in [0.5, 0.6) is 0 Å². The summed E-state index contributed by atoms with van der Waals surface area (Å²) in [6, 6.07) is 0.750. The SMILES string of the molecule is NS(=O)(=O)c1cnc(Cl)c(S(N)(=O)=O)c1. The van der Waals surface area contributed by atoms with E-state index in [-0.39, 0.29) is 0 Å². The molecule has 1 aromatic rings. The van der Waals surface area contributed by atoms with Crippen LogP contribution in [0.1, 0.15) is 0 Å². The molecule has 0 amide bonds. The zero-order valence-corrected chi connectivity index (χ0v) is 9.47. The van der Waals surface area contributed by atoms with E-state index in [1.807, 2.05) is 0 Å². The molecular formula is C5H6ClN3O4S2. The Bertz CT molecular complexity index is 595.